The van der Waals surface area contributed by atoms with Crippen molar-refractivity contribution in [3.8, 4) is 44.5 Å². The highest BCUT2D eigenvalue weighted by Crippen LogP contribution is 2.46. The Kier molecular flexibility index (Phi) is 12.8. The lowest BCUT2D eigenvalue weighted by atomic mass is 9.83. The van der Waals surface area contributed by atoms with Gasteiger partial charge in [0.15, 0.2) is 0 Å². The number of hydrogen-bond acceptors (Lipinski definition) is 2. The smallest absolute Gasteiger partial charge is 0.0464 e. The number of anilines is 6. The van der Waals surface area contributed by atoms with Crippen molar-refractivity contribution < 1.29 is 0 Å². The predicted molar refractivity (Wildman–Crippen MR) is 320 cm³/mol. The zero-order chi connectivity index (χ0) is 51.1. The number of fused-ring (bicyclic) bond motifs is 2. The molecule has 0 aliphatic heterocycles. The zero-order valence-electron chi connectivity index (χ0n) is 44.0. The van der Waals surface area contributed by atoms with Crippen LogP contribution in [-0.2, 0) is 5.41 Å². The lowest BCUT2D eigenvalue weighted by Crippen LogP contribution is -2.14. The monoisotopic (exact) mass is 957 g/mol. The van der Waals surface area contributed by atoms with Crippen LogP contribution in [0.3, 0.4) is 0 Å². The molecule has 0 aromatic heterocycles. The molecule has 0 radical (unpaired) electrons. The van der Waals surface area contributed by atoms with E-state index < -0.39 is 0 Å². The maximum absolute atomic E-state index is 2.41. The first-order valence-corrected chi connectivity index (χ1v) is 26.2. The summed E-state index contributed by atoms with van der Waals surface area (Å²) in [6.07, 6.45) is 0. The highest BCUT2D eigenvalue weighted by Gasteiger charge is 2.22. The van der Waals surface area contributed by atoms with Crippen molar-refractivity contribution in [1.82, 2.24) is 0 Å². The van der Waals surface area contributed by atoms with E-state index >= 15 is 0 Å². The third-order valence-electron chi connectivity index (χ3n) is 14.9. The van der Waals surface area contributed by atoms with Crippen LogP contribution in [0.5, 0.6) is 0 Å². The SMILES string of the molecule is Cc1ccc(N(c2ccc(-c3cc(C)c(-c4c(C)cc(-c5ccc(N(c6ccc(-c7ccccc7)cc6)c6cccc(C(C)(C)C)c6)cc5)c5ccccc45)c4ccccc34)cc2)c2cccc(C(C)C)c2)cc1. The fourth-order valence-electron chi connectivity index (χ4n) is 10.9. The highest BCUT2D eigenvalue weighted by molar-refractivity contribution is 6.14. The van der Waals surface area contributed by atoms with Crippen LogP contribution in [0.4, 0.5) is 34.1 Å². The molecule has 0 atom stereocenters. The Balaban J connectivity index is 0.966. The summed E-state index contributed by atoms with van der Waals surface area (Å²) < 4.78 is 0. The van der Waals surface area contributed by atoms with Crippen LogP contribution in [0.15, 0.2) is 237 Å². The van der Waals surface area contributed by atoms with Gasteiger partial charge in [-0.1, -0.05) is 204 Å². The van der Waals surface area contributed by atoms with Crippen molar-refractivity contribution in [3.63, 3.8) is 0 Å². The lowest BCUT2D eigenvalue weighted by molar-refractivity contribution is 0.590. The van der Waals surface area contributed by atoms with Crippen molar-refractivity contribution in [3.05, 3.63) is 264 Å². The van der Waals surface area contributed by atoms with Crippen LogP contribution in [0, 0.1) is 20.8 Å². The Bertz CT molecular complexity index is 3780. The van der Waals surface area contributed by atoms with Crippen molar-refractivity contribution in [2.24, 2.45) is 0 Å². The topological polar surface area (TPSA) is 6.48 Å². The Labute approximate surface area is 438 Å². The molecule has 0 saturated heterocycles. The molecule has 11 aromatic carbocycles. The second kappa shape index (κ2) is 19.9. The number of nitrogens with zero attached hydrogens (tertiary/aromatic N) is 2. The van der Waals surface area contributed by atoms with E-state index in [0.717, 1.165) is 34.1 Å². The molecule has 2 heteroatoms. The molecular weight excluding hydrogens is 893 g/mol. The summed E-state index contributed by atoms with van der Waals surface area (Å²) in [6.45, 7) is 18.1. The third-order valence-corrected chi connectivity index (χ3v) is 14.9. The van der Waals surface area contributed by atoms with Gasteiger partial charge in [0.2, 0.25) is 0 Å². The van der Waals surface area contributed by atoms with E-state index in [9.17, 15) is 0 Å². The first-order valence-electron chi connectivity index (χ1n) is 26.2. The molecule has 74 heavy (non-hydrogen) atoms. The van der Waals surface area contributed by atoms with E-state index in [0.29, 0.717) is 5.92 Å². The second-order valence-electron chi connectivity index (χ2n) is 21.4. The maximum Gasteiger partial charge on any atom is 0.0464 e. The third kappa shape index (κ3) is 9.29. The van der Waals surface area contributed by atoms with Gasteiger partial charge in [-0.05, 0) is 193 Å². The Morgan fingerprint density at radius 2 is 0.716 bits per heavy atom. The standard InChI is InChI=1S/C72H64N2/c1-48(2)56-20-16-22-62(46-56)73(58-36-28-49(3)29-37-58)60-40-32-54(33-41-60)68-44-50(4)70(66-26-14-12-24-64(66)68)71-51(5)45-69(65-25-13-15-27-67(65)71)55-34-42-61(43-35-55)74(63-23-17-21-57(47-63)72(6,7)8)59-38-30-53(31-39-59)52-18-10-9-11-19-52/h9-48H,1-8H3. The average molecular weight is 957 g/mol. The first-order chi connectivity index (χ1) is 35.9. The van der Waals surface area contributed by atoms with Crippen molar-refractivity contribution in [2.45, 2.75) is 66.7 Å². The Morgan fingerprint density at radius 1 is 0.324 bits per heavy atom. The molecule has 11 rings (SSSR count). The van der Waals surface area contributed by atoms with Crippen LogP contribution in [0.2, 0.25) is 0 Å². The van der Waals surface area contributed by atoms with Gasteiger partial charge in [-0.25, -0.2) is 0 Å². The quantitative estimate of drug-likeness (QED) is 0.127. The van der Waals surface area contributed by atoms with Crippen molar-refractivity contribution >= 4 is 55.7 Å². The molecule has 0 spiro atoms. The minimum atomic E-state index is 0.0135. The first kappa shape index (κ1) is 47.8. The van der Waals surface area contributed by atoms with E-state index in [1.165, 1.54) is 93.9 Å². The summed E-state index contributed by atoms with van der Waals surface area (Å²) in [4.78, 5) is 4.76. The zero-order valence-corrected chi connectivity index (χ0v) is 44.0. The molecule has 362 valence electrons. The highest BCUT2D eigenvalue weighted by atomic mass is 15.1. The molecule has 0 N–H and O–H groups in total. The molecule has 0 fully saturated rings. The number of rotatable bonds is 11. The molecule has 2 nitrogen and oxygen atoms in total. The van der Waals surface area contributed by atoms with Crippen LogP contribution < -0.4 is 9.80 Å². The molecular formula is C72H64N2. The van der Waals surface area contributed by atoms with Crippen LogP contribution in [-0.4, -0.2) is 0 Å². The van der Waals surface area contributed by atoms with Gasteiger partial charge in [-0.15, -0.1) is 0 Å². The molecule has 11 aromatic rings. The van der Waals surface area contributed by atoms with E-state index in [1.807, 2.05) is 0 Å². The van der Waals surface area contributed by atoms with Gasteiger partial charge in [0, 0.05) is 34.1 Å². The largest absolute Gasteiger partial charge is 0.310 e. The molecule has 0 aliphatic carbocycles. The van der Waals surface area contributed by atoms with Gasteiger partial charge in [-0.2, -0.15) is 0 Å². The van der Waals surface area contributed by atoms with Crippen molar-refractivity contribution in [1.29, 1.82) is 0 Å². The fourth-order valence-corrected chi connectivity index (χ4v) is 10.9. The average Bonchev–Trinajstić information content (AvgIpc) is 3.43. The second-order valence-corrected chi connectivity index (χ2v) is 21.4. The Morgan fingerprint density at radius 3 is 1.18 bits per heavy atom. The van der Waals surface area contributed by atoms with E-state index in [2.05, 4.69) is 302 Å². The molecule has 0 heterocycles. The molecule has 0 bridgehead atoms. The number of benzene rings is 11. The summed E-state index contributed by atoms with van der Waals surface area (Å²) in [5, 5.41) is 5.01. The molecule has 0 aliphatic rings. The van der Waals surface area contributed by atoms with Gasteiger partial charge in [-0.3, -0.25) is 0 Å². The van der Waals surface area contributed by atoms with E-state index in [4.69, 9.17) is 0 Å². The van der Waals surface area contributed by atoms with Gasteiger partial charge >= 0.3 is 0 Å². The normalized spacial score (nSPS) is 11.6. The Hall–Kier alpha value is -8.46. The minimum Gasteiger partial charge on any atom is -0.310 e. The van der Waals surface area contributed by atoms with Gasteiger partial charge in [0.1, 0.15) is 0 Å². The fraction of sp³-hybridized carbons (Fsp3) is 0.139. The van der Waals surface area contributed by atoms with Crippen LogP contribution in [0.25, 0.3) is 66.1 Å². The van der Waals surface area contributed by atoms with Gasteiger partial charge in [0.05, 0.1) is 0 Å². The molecule has 0 unspecified atom stereocenters. The molecule has 0 amide bonds. The summed E-state index contributed by atoms with van der Waals surface area (Å²) >= 11 is 0. The van der Waals surface area contributed by atoms with E-state index in [1.54, 1.807) is 0 Å². The summed E-state index contributed by atoms with van der Waals surface area (Å²) in [5.74, 6) is 0.435. The number of aryl methyl sites for hydroxylation is 3. The van der Waals surface area contributed by atoms with Gasteiger partial charge < -0.3 is 9.80 Å². The van der Waals surface area contributed by atoms with Gasteiger partial charge in [0.25, 0.3) is 0 Å². The summed E-state index contributed by atoms with van der Waals surface area (Å²) in [6, 6.07) is 87.5. The number of hydrogen-bond donors (Lipinski definition) is 0. The summed E-state index contributed by atoms with van der Waals surface area (Å²) in [5.41, 5.74) is 23.1. The van der Waals surface area contributed by atoms with E-state index in [-0.39, 0.29) is 5.41 Å². The minimum absolute atomic E-state index is 0.0135. The molecule has 0 saturated carbocycles. The van der Waals surface area contributed by atoms with Crippen molar-refractivity contribution in [2.75, 3.05) is 9.80 Å². The van der Waals surface area contributed by atoms with Crippen LogP contribution in [0.1, 0.15) is 68.4 Å². The maximum atomic E-state index is 2.41. The van der Waals surface area contributed by atoms with Crippen LogP contribution >= 0.6 is 0 Å². The summed E-state index contributed by atoms with van der Waals surface area (Å²) in [7, 11) is 0. The predicted octanol–water partition coefficient (Wildman–Crippen LogP) is 20.9. The lowest BCUT2D eigenvalue weighted by Gasteiger charge is -2.28.